The summed E-state index contributed by atoms with van der Waals surface area (Å²) in [4.78, 5) is 39.7. The topological polar surface area (TPSA) is 103 Å². The lowest BCUT2D eigenvalue weighted by molar-refractivity contribution is -0.123. The van der Waals surface area contributed by atoms with Gasteiger partial charge in [-0.2, -0.15) is 0 Å². The van der Waals surface area contributed by atoms with Gasteiger partial charge in [-0.3, -0.25) is 9.59 Å². The van der Waals surface area contributed by atoms with Crippen molar-refractivity contribution in [2.24, 2.45) is 5.92 Å². The third-order valence-electron chi connectivity index (χ3n) is 7.39. The third-order valence-corrected chi connectivity index (χ3v) is 7.67. The van der Waals surface area contributed by atoms with Crippen LogP contribution in [0.1, 0.15) is 31.2 Å². The second-order valence-corrected chi connectivity index (χ2v) is 11.2. The van der Waals surface area contributed by atoms with E-state index in [2.05, 4.69) is 20.6 Å². The molecular weight excluding hydrogens is 536 g/mol. The molecule has 4 aromatic rings. The van der Waals surface area contributed by atoms with Gasteiger partial charge in [0.2, 0.25) is 11.9 Å². The quantitative estimate of drug-likeness (QED) is 0.199. The van der Waals surface area contributed by atoms with E-state index < -0.39 is 0 Å². The molecule has 0 bridgehead atoms. The van der Waals surface area contributed by atoms with Gasteiger partial charge in [0.15, 0.2) is 0 Å². The Morgan fingerprint density at radius 3 is 2.73 bits per heavy atom. The highest BCUT2D eigenvalue weighted by Gasteiger charge is 2.28. The molecule has 0 unspecified atom stereocenters. The van der Waals surface area contributed by atoms with Gasteiger partial charge < -0.3 is 20.5 Å². The minimum atomic E-state index is -0.172. The number of ketones is 1. The van der Waals surface area contributed by atoms with Gasteiger partial charge in [-0.1, -0.05) is 54.4 Å². The van der Waals surface area contributed by atoms with Crippen molar-refractivity contribution in [1.29, 1.82) is 0 Å². The summed E-state index contributed by atoms with van der Waals surface area (Å²) >= 11 is 6.50. The number of carbonyl (C=O) groups excluding carboxylic acids is 2. The number of fused-ring (bicyclic) bond motifs is 1. The fourth-order valence-electron chi connectivity index (χ4n) is 5.29. The molecule has 2 aromatic heterocycles. The summed E-state index contributed by atoms with van der Waals surface area (Å²) in [5, 5.41) is 7.86. The van der Waals surface area contributed by atoms with E-state index >= 15 is 0 Å². The largest absolute Gasteiger partial charge is 0.360 e. The zero-order valence-corrected chi connectivity index (χ0v) is 24.1. The maximum atomic E-state index is 13.2. The molecule has 1 aliphatic rings. The van der Waals surface area contributed by atoms with Gasteiger partial charge in [0.25, 0.3) is 0 Å². The lowest BCUT2D eigenvalue weighted by Crippen LogP contribution is -2.32. The van der Waals surface area contributed by atoms with E-state index in [1.807, 2.05) is 79.8 Å². The Bertz CT molecular complexity index is 1550. The first-order chi connectivity index (χ1) is 19.9. The lowest BCUT2D eigenvalue weighted by atomic mass is 9.81. The molecule has 0 spiro atoms. The molecule has 9 heteroatoms. The number of para-hydroxylation sites is 1. The molecule has 1 aliphatic carbocycles. The number of hydrogen-bond acceptors (Lipinski definition) is 6. The number of anilines is 2. The molecule has 1 saturated carbocycles. The number of rotatable bonds is 10. The molecule has 41 heavy (non-hydrogen) atoms. The van der Waals surface area contributed by atoms with E-state index in [-0.39, 0.29) is 23.7 Å². The van der Waals surface area contributed by atoms with Crippen LogP contribution in [0.4, 0.5) is 11.6 Å². The SMILES string of the molecule is CN(C)C/C=C/C(=O)Nc1ccc(CC(=O)[C@H]2CCC[C@@H](Nc3ncc(Cl)c(-c4c[nH]c5ccccc45)n3)C2)cc1. The van der Waals surface area contributed by atoms with Crippen LogP contribution in [0.25, 0.3) is 22.2 Å². The first kappa shape index (κ1) is 28.5. The van der Waals surface area contributed by atoms with Gasteiger partial charge >= 0.3 is 0 Å². The van der Waals surface area contributed by atoms with Crippen LogP contribution in [-0.2, 0) is 16.0 Å². The molecule has 0 aliphatic heterocycles. The Hall–Kier alpha value is -4.01. The maximum absolute atomic E-state index is 13.2. The summed E-state index contributed by atoms with van der Waals surface area (Å²) in [5.74, 6) is 0.552. The molecule has 8 nitrogen and oxygen atoms in total. The van der Waals surface area contributed by atoms with Gasteiger partial charge in [0.05, 0.1) is 16.9 Å². The number of Topliss-reactive ketones (excluding diaryl/α,β-unsaturated/α-hetero) is 1. The minimum absolute atomic E-state index is 0.0251. The van der Waals surface area contributed by atoms with Crippen molar-refractivity contribution in [3.8, 4) is 11.3 Å². The van der Waals surface area contributed by atoms with Crippen LogP contribution in [0.5, 0.6) is 0 Å². The number of halogens is 1. The van der Waals surface area contributed by atoms with Crippen molar-refractivity contribution in [3.05, 3.63) is 83.7 Å². The molecule has 3 N–H and O–H groups in total. The highest BCUT2D eigenvalue weighted by atomic mass is 35.5. The summed E-state index contributed by atoms with van der Waals surface area (Å²) in [5.41, 5.74) is 4.27. The predicted molar refractivity (Wildman–Crippen MR) is 165 cm³/mol. The zero-order chi connectivity index (χ0) is 28.8. The first-order valence-corrected chi connectivity index (χ1v) is 14.3. The molecule has 5 rings (SSSR count). The van der Waals surface area contributed by atoms with Crippen LogP contribution in [0.3, 0.4) is 0 Å². The Balaban J connectivity index is 1.17. The number of nitrogens with one attached hydrogen (secondary N) is 3. The number of benzene rings is 2. The number of H-pyrrole nitrogens is 1. The molecule has 212 valence electrons. The van der Waals surface area contributed by atoms with Gasteiger partial charge in [0, 0.05) is 59.4 Å². The molecular formula is C32H35ClN6O2. The molecule has 1 fully saturated rings. The highest BCUT2D eigenvalue weighted by molar-refractivity contribution is 6.33. The molecule has 1 amide bonds. The number of amides is 1. The second kappa shape index (κ2) is 13.1. The fraction of sp³-hybridized carbons (Fsp3) is 0.312. The number of aromatic amines is 1. The van der Waals surface area contributed by atoms with Crippen LogP contribution in [0.15, 0.2) is 73.1 Å². The van der Waals surface area contributed by atoms with Crippen LogP contribution in [-0.4, -0.2) is 58.2 Å². The number of carbonyl (C=O) groups is 2. The molecule has 2 heterocycles. The normalized spacial score (nSPS) is 17.3. The van der Waals surface area contributed by atoms with E-state index in [9.17, 15) is 9.59 Å². The third kappa shape index (κ3) is 7.39. The number of aromatic nitrogens is 3. The fourth-order valence-corrected chi connectivity index (χ4v) is 5.49. The van der Waals surface area contributed by atoms with E-state index in [0.29, 0.717) is 35.3 Å². The predicted octanol–water partition coefficient (Wildman–Crippen LogP) is 6.12. The summed E-state index contributed by atoms with van der Waals surface area (Å²) in [7, 11) is 3.89. The minimum Gasteiger partial charge on any atom is -0.360 e. The Morgan fingerprint density at radius 2 is 1.93 bits per heavy atom. The van der Waals surface area contributed by atoms with E-state index in [1.165, 1.54) is 6.08 Å². The lowest BCUT2D eigenvalue weighted by Gasteiger charge is -2.29. The summed E-state index contributed by atoms with van der Waals surface area (Å²) in [6.07, 6.45) is 10.8. The van der Waals surface area contributed by atoms with Crippen LogP contribution in [0, 0.1) is 5.92 Å². The smallest absolute Gasteiger partial charge is 0.248 e. The van der Waals surface area contributed by atoms with Gasteiger partial charge in [-0.25, -0.2) is 9.97 Å². The molecule has 2 aromatic carbocycles. The number of likely N-dealkylation sites (N-methyl/N-ethyl adjacent to an activating group) is 1. The van der Waals surface area contributed by atoms with Crippen LogP contribution in [0.2, 0.25) is 5.02 Å². The molecule has 0 saturated heterocycles. The van der Waals surface area contributed by atoms with Crippen molar-refractivity contribution in [1.82, 2.24) is 19.9 Å². The highest BCUT2D eigenvalue weighted by Crippen LogP contribution is 2.33. The average molecular weight is 571 g/mol. The summed E-state index contributed by atoms with van der Waals surface area (Å²) in [6.45, 7) is 0.699. The summed E-state index contributed by atoms with van der Waals surface area (Å²) < 4.78 is 0. The van der Waals surface area contributed by atoms with Crippen LogP contribution < -0.4 is 10.6 Å². The van der Waals surface area contributed by atoms with Crippen LogP contribution >= 0.6 is 11.6 Å². The standard InChI is InChI=1S/C32H35ClN6O2/c1-39(2)16-6-11-30(41)36-23-14-12-21(13-15-23)17-29(40)22-7-5-8-24(18-22)37-32-35-20-27(33)31(38-32)26-19-34-28-10-4-3-9-25(26)28/h3-4,6,9-15,19-20,22,24,34H,5,7-8,16-18H2,1-2H3,(H,36,41)(H,35,37,38)/b11-6+/t22-,24+/m0/s1. The van der Waals surface area contributed by atoms with Gasteiger partial charge in [0.1, 0.15) is 5.78 Å². The molecule has 2 atom stereocenters. The monoisotopic (exact) mass is 570 g/mol. The number of hydrogen-bond donors (Lipinski definition) is 3. The van der Waals surface area contributed by atoms with Crippen molar-refractivity contribution >= 4 is 45.8 Å². The van der Waals surface area contributed by atoms with Crippen molar-refractivity contribution < 1.29 is 9.59 Å². The Morgan fingerprint density at radius 1 is 1.12 bits per heavy atom. The number of nitrogens with zero attached hydrogens (tertiary/aromatic N) is 3. The van der Waals surface area contributed by atoms with E-state index in [4.69, 9.17) is 16.6 Å². The Kier molecular flexibility index (Phi) is 9.11. The Labute approximate surface area is 245 Å². The zero-order valence-electron chi connectivity index (χ0n) is 23.4. The van der Waals surface area contributed by atoms with Crippen molar-refractivity contribution in [2.45, 2.75) is 38.1 Å². The van der Waals surface area contributed by atoms with Crippen molar-refractivity contribution in [3.63, 3.8) is 0 Å². The van der Waals surface area contributed by atoms with Gasteiger partial charge in [-0.05, 0) is 57.1 Å². The van der Waals surface area contributed by atoms with E-state index in [1.54, 1.807) is 6.20 Å². The van der Waals surface area contributed by atoms with Gasteiger partial charge in [-0.15, -0.1) is 0 Å². The average Bonchev–Trinajstić information content (AvgIpc) is 3.39. The molecule has 0 radical (unpaired) electrons. The van der Waals surface area contributed by atoms with Crippen molar-refractivity contribution in [2.75, 3.05) is 31.3 Å². The maximum Gasteiger partial charge on any atom is 0.248 e. The summed E-state index contributed by atoms with van der Waals surface area (Å²) in [6, 6.07) is 15.6. The second-order valence-electron chi connectivity index (χ2n) is 10.8. The first-order valence-electron chi connectivity index (χ1n) is 13.9. The van der Waals surface area contributed by atoms with E-state index in [0.717, 1.165) is 47.7 Å².